The topological polar surface area (TPSA) is 63.6 Å². The Labute approximate surface area is 134 Å². The SMILES string of the molecule is CCc1ccc(OC)c(/C=C2/N=C(c3cccnc3)NC2=O)c1. The molecule has 0 radical (unpaired) electrons. The Morgan fingerprint density at radius 2 is 2.17 bits per heavy atom. The van der Waals surface area contributed by atoms with E-state index in [1.54, 1.807) is 31.6 Å². The van der Waals surface area contributed by atoms with Gasteiger partial charge in [-0.2, -0.15) is 0 Å². The third-order valence-electron chi connectivity index (χ3n) is 3.63. The number of hydrogen-bond donors (Lipinski definition) is 1. The lowest BCUT2D eigenvalue weighted by atomic mass is 10.1. The van der Waals surface area contributed by atoms with Crippen LogP contribution in [0.3, 0.4) is 0 Å². The minimum atomic E-state index is -0.229. The van der Waals surface area contributed by atoms with E-state index in [2.05, 4.69) is 22.2 Å². The first kappa shape index (κ1) is 15.0. The first-order valence-electron chi connectivity index (χ1n) is 7.40. The number of ether oxygens (including phenoxy) is 1. The maximum Gasteiger partial charge on any atom is 0.275 e. The zero-order valence-electron chi connectivity index (χ0n) is 13.0. The highest BCUT2D eigenvalue weighted by Gasteiger charge is 2.21. The lowest BCUT2D eigenvalue weighted by Gasteiger charge is -2.07. The van der Waals surface area contributed by atoms with Gasteiger partial charge < -0.3 is 10.1 Å². The molecule has 0 saturated carbocycles. The van der Waals surface area contributed by atoms with Gasteiger partial charge in [-0.3, -0.25) is 9.78 Å². The molecule has 0 aliphatic carbocycles. The van der Waals surface area contributed by atoms with E-state index in [0.717, 1.165) is 17.5 Å². The summed E-state index contributed by atoms with van der Waals surface area (Å²) in [6, 6.07) is 9.59. The number of carbonyl (C=O) groups excluding carboxylic acids is 1. The zero-order chi connectivity index (χ0) is 16.2. The molecular formula is C18H17N3O2. The van der Waals surface area contributed by atoms with E-state index < -0.39 is 0 Å². The number of pyridine rings is 1. The number of carbonyl (C=O) groups is 1. The van der Waals surface area contributed by atoms with E-state index in [9.17, 15) is 4.79 Å². The van der Waals surface area contributed by atoms with Gasteiger partial charge in [0.05, 0.1) is 7.11 Å². The molecule has 2 heterocycles. The number of nitrogens with one attached hydrogen (secondary N) is 1. The lowest BCUT2D eigenvalue weighted by Crippen LogP contribution is -2.24. The summed E-state index contributed by atoms with van der Waals surface area (Å²) in [5.41, 5.74) is 3.15. The molecule has 5 heteroatoms. The quantitative estimate of drug-likeness (QED) is 0.883. The number of aromatic nitrogens is 1. The predicted molar refractivity (Wildman–Crippen MR) is 89.3 cm³/mol. The average Bonchev–Trinajstić information content (AvgIpc) is 2.96. The number of nitrogens with zero attached hydrogens (tertiary/aromatic N) is 2. The Morgan fingerprint density at radius 1 is 1.30 bits per heavy atom. The molecule has 0 fully saturated rings. The summed E-state index contributed by atoms with van der Waals surface area (Å²) in [4.78, 5) is 20.6. The monoisotopic (exact) mass is 307 g/mol. The zero-order valence-corrected chi connectivity index (χ0v) is 13.0. The Hall–Kier alpha value is -2.95. The summed E-state index contributed by atoms with van der Waals surface area (Å²) in [6.45, 7) is 2.08. The fourth-order valence-corrected chi connectivity index (χ4v) is 2.37. The highest BCUT2D eigenvalue weighted by atomic mass is 16.5. The van der Waals surface area contributed by atoms with Crippen LogP contribution in [-0.4, -0.2) is 23.8 Å². The molecule has 0 unspecified atom stereocenters. The van der Waals surface area contributed by atoms with Gasteiger partial charge in [-0.1, -0.05) is 13.0 Å². The van der Waals surface area contributed by atoms with E-state index in [-0.39, 0.29) is 5.91 Å². The number of aliphatic imine (C=N–C) groups is 1. The molecule has 0 atom stereocenters. The number of benzene rings is 1. The molecule has 0 spiro atoms. The summed E-state index contributed by atoms with van der Waals surface area (Å²) in [7, 11) is 1.61. The van der Waals surface area contributed by atoms with Crippen LogP contribution in [0.4, 0.5) is 0 Å². The molecule has 0 bridgehead atoms. The smallest absolute Gasteiger partial charge is 0.275 e. The van der Waals surface area contributed by atoms with Crippen molar-refractivity contribution in [3.8, 4) is 5.75 Å². The maximum atomic E-state index is 12.2. The van der Waals surface area contributed by atoms with E-state index in [4.69, 9.17) is 4.74 Å². The van der Waals surface area contributed by atoms with E-state index in [1.165, 1.54) is 5.56 Å². The second-order valence-electron chi connectivity index (χ2n) is 5.12. The van der Waals surface area contributed by atoms with Crippen LogP contribution in [0.15, 0.2) is 53.4 Å². The van der Waals surface area contributed by atoms with Gasteiger partial charge in [0.25, 0.3) is 5.91 Å². The largest absolute Gasteiger partial charge is 0.496 e. The predicted octanol–water partition coefficient (Wildman–Crippen LogP) is 2.57. The molecule has 2 aromatic rings. The van der Waals surface area contributed by atoms with Crippen LogP contribution in [0.1, 0.15) is 23.6 Å². The molecule has 3 rings (SSSR count). The molecule has 116 valence electrons. The summed E-state index contributed by atoms with van der Waals surface area (Å²) in [5.74, 6) is 1.00. The van der Waals surface area contributed by atoms with Gasteiger partial charge in [-0.15, -0.1) is 0 Å². The fourth-order valence-electron chi connectivity index (χ4n) is 2.37. The van der Waals surface area contributed by atoms with Crippen LogP contribution in [0.2, 0.25) is 0 Å². The fraction of sp³-hybridized carbons (Fsp3) is 0.167. The van der Waals surface area contributed by atoms with E-state index in [1.807, 2.05) is 24.3 Å². The van der Waals surface area contributed by atoms with Crippen molar-refractivity contribution in [2.45, 2.75) is 13.3 Å². The van der Waals surface area contributed by atoms with Crippen LogP contribution >= 0.6 is 0 Å². The highest BCUT2D eigenvalue weighted by Crippen LogP contribution is 2.24. The molecular weight excluding hydrogens is 290 g/mol. The first-order valence-corrected chi connectivity index (χ1v) is 7.40. The second kappa shape index (κ2) is 6.44. The summed E-state index contributed by atoms with van der Waals surface area (Å²) in [5, 5.41) is 2.77. The molecule has 1 aliphatic heterocycles. The number of amidine groups is 1. The van der Waals surface area contributed by atoms with Gasteiger partial charge in [-0.05, 0) is 42.3 Å². The number of amides is 1. The maximum absolute atomic E-state index is 12.2. The first-order chi connectivity index (χ1) is 11.2. The Morgan fingerprint density at radius 3 is 2.87 bits per heavy atom. The Bertz CT molecular complexity index is 795. The third-order valence-corrected chi connectivity index (χ3v) is 3.63. The molecule has 23 heavy (non-hydrogen) atoms. The van der Waals surface area contributed by atoms with Crippen LogP contribution < -0.4 is 10.1 Å². The summed E-state index contributed by atoms with van der Waals surface area (Å²) in [6.07, 6.45) is 6.01. The number of aryl methyl sites for hydroxylation is 1. The number of hydrogen-bond acceptors (Lipinski definition) is 4. The van der Waals surface area contributed by atoms with Gasteiger partial charge in [0.1, 0.15) is 17.3 Å². The molecule has 1 aromatic carbocycles. The standard InChI is InChI=1S/C18H17N3O2/c1-3-12-6-7-16(23-2)14(9-12)10-15-18(22)21-17(20-15)13-5-4-8-19-11-13/h4-11H,3H2,1-2H3,(H,20,21,22)/b15-10+. The normalized spacial score (nSPS) is 15.5. The number of rotatable bonds is 4. The molecule has 1 amide bonds. The van der Waals surface area contributed by atoms with Crippen LogP contribution in [0.25, 0.3) is 6.08 Å². The van der Waals surface area contributed by atoms with Crippen molar-refractivity contribution in [3.63, 3.8) is 0 Å². The number of methoxy groups -OCH3 is 1. The van der Waals surface area contributed by atoms with Gasteiger partial charge in [0.2, 0.25) is 0 Å². The van der Waals surface area contributed by atoms with Crippen molar-refractivity contribution in [1.29, 1.82) is 0 Å². The summed E-state index contributed by atoms with van der Waals surface area (Å²) < 4.78 is 5.37. The van der Waals surface area contributed by atoms with Crippen molar-refractivity contribution >= 4 is 17.8 Å². The molecule has 0 saturated heterocycles. The van der Waals surface area contributed by atoms with E-state index in [0.29, 0.717) is 17.3 Å². The minimum Gasteiger partial charge on any atom is -0.496 e. The van der Waals surface area contributed by atoms with Crippen molar-refractivity contribution < 1.29 is 9.53 Å². The van der Waals surface area contributed by atoms with Gasteiger partial charge in [0.15, 0.2) is 0 Å². The van der Waals surface area contributed by atoms with Crippen molar-refractivity contribution in [2.75, 3.05) is 7.11 Å². The molecule has 5 nitrogen and oxygen atoms in total. The van der Waals surface area contributed by atoms with Gasteiger partial charge in [0, 0.05) is 23.5 Å². The average molecular weight is 307 g/mol. The molecule has 1 aliphatic rings. The van der Waals surface area contributed by atoms with Crippen molar-refractivity contribution in [2.24, 2.45) is 4.99 Å². The highest BCUT2D eigenvalue weighted by molar-refractivity contribution is 6.19. The third kappa shape index (κ3) is 3.13. The lowest BCUT2D eigenvalue weighted by molar-refractivity contribution is -0.115. The summed E-state index contributed by atoms with van der Waals surface area (Å²) >= 11 is 0. The van der Waals surface area contributed by atoms with Gasteiger partial charge >= 0.3 is 0 Å². The van der Waals surface area contributed by atoms with Crippen LogP contribution in [-0.2, 0) is 11.2 Å². The van der Waals surface area contributed by atoms with Gasteiger partial charge in [-0.25, -0.2) is 4.99 Å². The van der Waals surface area contributed by atoms with Crippen molar-refractivity contribution in [1.82, 2.24) is 10.3 Å². The van der Waals surface area contributed by atoms with Crippen molar-refractivity contribution in [3.05, 3.63) is 65.1 Å². The second-order valence-corrected chi connectivity index (χ2v) is 5.12. The van der Waals surface area contributed by atoms with Crippen LogP contribution in [0.5, 0.6) is 5.75 Å². The minimum absolute atomic E-state index is 0.229. The Balaban J connectivity index is 1.99. The molecule has 1 aromatic heterocycles. The molecule has 1 N–H and O–H groups in total. The Kier molecular flexibility index (Phi) is 4.19. The van der Waals surface area contributed by atoms with E-state index >= 15 is 0 Å². The van der Waals surface area contributed by atoms with Crippen LogP contribution in [0, 0.1) is 0 Å².